The van der Waals surface area contributed by atoms with Gasteiger partial charge in [-0.2, -0.15) is 0 Å². The summed E-state index contributed by atoms with van der Waals surface area (Å²) in [6, 6.07) is 0. The van der Waals surface area contributed by atoms with Gasteiger partial charge in [0.15, 0.2) is 11.5 Å². The highest BCUT2D eigenvalue weighted by Crippen LogP contribution is 2.22. The molecule has 2 N–H and O–H groups in total. The monoisotopic (exact) mass is 207 g/mol. The Morgan fingerprint density at radius 2 is 2.00 bits per heavy atom. The van der Waals surface area contributed by atoms with Crippen LogP contribution < -0.4 is 5.73 Å². The second-order valence-corrected chi connectivity index (χ2v) is 3.60. The first-order valence-electron chi connectivity index (χ1n) is 5.05. The van der Waals surface area contributed by atoms with Gasteiger partial charge in [0.05, 0.1) is 0 Å². The number of carbonyl (C=O) groups is 1. The maximum absolute atomic E-state index is 11.6. The fourth-order valence-corrected chi connectivity index (χ4v) is 1.72. The lowest BCUT2D eigenvalue weighted by Gasteiger charge is -2.10. The number of esters is 1. The third-order valence-electron chi connectivity index (χ3n) is 2.50. The molecule has 5 heteroatoms. The first-order valence-corrected chi connectivity index (χ1v) is 5.05. The van der Waals surface area contributed by atoms with Gasteiger partial charge in [0.1, 0.15) is 6.10 Å². The smallest absolute Gasteiger partial charge is 0.361 e. The van der Waals surface area contributed by atoms with Crippen LogP contribution in [0.4, 0.5) is 5.82 Å². The molecule has 5 nitrogen and oxygen atoms in total. The number of aromatic nitrogens is 2. The molecule has 15 heavy (non-hydrogen) atoms. The lowest BCUT2D eigenvalue weighted by Crippen LogP contribution is -2.17. The predicted octanol–water partition coefficient (Wildman–Crippen LogP) is 1.16. The Morgan fingerprint density at radius 1 is 1.33 bits per heavy atom. The van der Waals surface area contributed by atoms with Crippen molar-refractivity contribution in [1.29, 1.82) is 0 Å². The molecule has 1 fully saturated rings. The van der Waals surface area contributed by atoms with E-state index in [1.807, 2.05) is 0 Å². The number of nitrogens with zero attached hydrogens (tertiary/aromatic N) is 2. The fourth-order valence-electron chi connectivity index (χ4n) is 1.72. The van der Waals surface area contributed by atoms with E-state index in [-0.39, 0.29) is 17.6 Å². The lowest BCUT2D eigenvalue weighted by atomic mass is 10.3. The predicted molar refractivity (Wildman–Crippen MR) is 54.1 cm³/mol. The van der Waals surface area contributed by atoms with Gasteiger partial charge in [-0.15, -0.1) is 0 Å². The summed E-state index contributed by atoms with van der Waals surface area (Å²) in [5, 5.41) is 0. The minimum Gasteiger partial charge on any atom is -0.458 e. The van der Waals surface area contributed by atoms with Crippen molar-refractivity contribution in [3.05, 3.63) is 18.1 Å². The van der Waals surface area contributed by atoms with Crippen LogP contribution in [0, 0.1) is 0 Å². The van der Waals surface area contributed by atoms with Crippen LogP contribution in [0.15, 0.2) is 12.4 Å². The van der Waals surface area contributed by atoms with Crippen molar-refractivity contribution in [3.8, 4) is 0 Å². The molecule has 0 amide bonds. The molecule has 0 bridgehead atoms. The van der Waals surface area contributed by atoms with Gasteiger partial charge >= 0.3 is 5.97 Å². The average Bonchev–Trinajstić information content (AvgIpc) is 2.71. The summed E-state index contributed by atoms with van der Waals surface area (Å²) >= 11 is 0. The normalized spacial score (nSPS) is 16.5. The van der Waals surface area contributed by atoms with Gasteiger partial charge in [-0.05, 0) is 25.7 Å². The van der Waals surface area contributed by atoms with Crippen molar-refractivity contribution >= 4 is 11.8 Å². The lowest BCUT2D eigenvalue weighted by molar-refractivity contribution is 0.0312. The van der Waals surface area contributed by atoms with E-state index in [0.29, 0.717) is 0 Å². The van der Waals surface area contributed by atoms with Crippen LogP contribution in [-0.4, -0.2) is 22.0 Å². The number of nitrogen functional groups attached to an aromatic ring is 1. The number of hydrogen-bond donors (Lipinski definition) is 1. The van der Waals surface area contributed by atoms with Gasteiger partial charge in [0, 0.05) is 12.4 Å². The molecule has 1 saturated carbocycles. The van der Waals surface area contributed by atoms with Crippen molar-refractivity contribution in [2.75, 3.05) is 5.73 Å². The largest absolute Gasteiger partial charge is 0.458 e. The van der Waals surface area contributed by atoms with E-state index >= 15 is 0 Å². The van der Waals surface area contributed by atoms with Crippen molar-refractivity contribution in [1.82, 2.24) is 9.97 Å². The number of rotatable bonds is 2. The Bertz CT molecular complexity index is 361. The summed E-state index contributed by atoms with van der Waals surface area (Å²) in [6.07, 6.45) is 7.02. The third kappa shape index (κ3) is 2.23. The topological polar surface area (TPSA) is 78.1 Å². The summed E-state index contributed by atoms with van der Waals surface area (Å²) in [5.41, 5.74) is 5.64. The van der Waals surface area contributed by atoms with E-state index in [1.54, 1.807) is 0 Å². The van der Waals surface area contributed by atoms with Crippen molar-refractivity contribution < 1.29 is 9.53 Å². The van der Waals surface area contributed by atoms with Gasteiger partial charge in [-0.25, -0.2) is 14.8 Å². The fraction of sp³-hybridized carbons (Fsp3) is 0.500. The molecular weight excluding hydrogens is 194 g/mol. The summed E-state index contributed by atoms with van der Waals surface area (Å²) in [4.78, 5) is 19.3. The first kappa shape index (κ1) is 9.89. The summed E-state index contributed by atoms with van der Waals surface area (Å²) < 4.78 is 5.26. The van der Waals surface area contributed by atoms with Crippen molar-refractivity contribution in [3.63, 3.8) is 0 Å². The van der Waals surface area contributed by atoms with E-state index in [1.165, 1.54) is 12.4 Å². The van der Waals surface area contributed by atoms with Gasteiger partial charge in [0.2, 0.25) is 0 Å². The molecule has 2 rings (SSSR count). The van der Waals surface area contributed by atoms with Crippen LogP contribution >= 0.6 is 0 Å². The molecule has 80 valence electrons. The standard InChI is InChI=1S/C10H13N3O2/c11-9-8(12-5-6-13-9)10(14)15-7-3-1-2-4-7/h5-7H,1-4H2,(H2,11,13). The molecule has 1 heterocycles. The molecule has 0 atom stereocenters. The zero-order valence-electron chi connectivity index (χ0n) is 8.35. The second kappa shape index (κ2) is 4.25. The number of nitrogens with two attached hydrogens (primary N) is 1. The Morgan fingerprint density at radius 3 is 2.67 bits per heavy atom. The zero-order valence-corrected chi connectivity index (χ0v) is 8.35. The Balaban J connectivity index is 2.04. The minimum atomic E-state index is -0.465. The summed E-state index contributed by atoms with van der Waals surface area (Å²) in [5.74, 6) is -0.340. The Hall–Kier alpha value is -1.65. The highest BCUT2D eigenvalue weighted by atomic mass is 16.5. The first-order chi connectivity index (χ1) is 7.27. The number of ether oxygens (including phenoxy) is 1. The van der Waals surface area contributed by atoms with E-state index in [0.717, 1.165) is 25.7 Å². The van der Waals surface area contributed by atoms with E-state index in [4.69, 9.17) is 10.5 Å². The molecule has 1 aromatic heterocycles. The molecule has 1 aliphatic rings. The van der Waals surface area contributed by atoms with Crippen LogP contribution in [0.2, 0.25) is 0 Å². The molecule has 0 spiro atoms. The van der Waals surface area contributed by atoms with Crippen molar-refractivity contribution in [2.45, 2.75) is 31.8 Å². The minimum absolute atomic E-state index is 0.0268. The number of anilines is 1. The van der Waals surface area contributed by atoms with Gasteiger partial charge in [0.25, 0.3) is 0 Å². The SMILES string of the molecule is Nc1nccnc1C(=O)OC1CCCC1. The van der Waals surface area contributed by atoms with E-state index in [9.17, 15) is 4.79 Å². The molecule has 0 unspecified atom stereocenters. The van der Waals surface area contributed by atoms with Gasteiger partial charge < -0.3 is 10.5 Å². The number of hydrogen-bond acceptors (Lipinski definition) is 5. The Labute approximate surface area is 87.7 Å². The molecule has 0 saturated heterocycles. The third-order valence-corrected chi connectivity index (χ3v) is 2.50. The van der Waals surface area contributed by atoms with Gasteiger partial charge in [-0.3, -0.25) is 0 Å². The van der Waals surface area contributed by atoms with Gasteiger partial charge in [-0.1, -0.05) is 0 Å². The average molecular weight is 207 g/mol. The molecule has 0 aliphatic heterocycles. The van der Waals surface area contributed by atoms with Crippen molar-refractivity contribution in [2.24, 2.45) is 0 Å². The maximum atomic E-state index is 11.6. The number of carbonyl (C=O) groups excluding carboxylic acids is 1. The molecule has 1 aliphatic carbocycles. The molecule has 0 radical (unpaired) electrons. The maximum Gasteiger partial charge on any atom is 0.361 e. The van der Waals surface area contributed by atoms with E-state index < -0.39 is 5.97 Å². The second-order valence-electron chi connectivity index (χ2n) is 3.60. The molecule has 0 aromatic carbocycles. The molecule has 1 aromatic rings. The summed E-state index contributed by atoms with van der Waals surface area (Å²) in [6.45, 7) is 0. The quantitative estimate of drug-likeness (QED) is 0.736. The molecular formula is C10H13N3O2. The van der Waals surface area contributed by atoms with Crippen LogP contribution in [0.1, 0.15) is 36.2 Å². The zero-order chi connectivity index (χ0) is 10.7. The van der Waals surface area contributed by atoms with Crippen LogP contribution in [0.5, 0.6) is 0 Å². The highest BCUT2D eigenvalue weighted by Gasteiger charge is 2.22. The highest BCUT2D eigenvalue weighted by molar-refractivity contribution is 5.91. The van der Waals surface area contributed by atoms with Crippen LogP contribution in [0.3, 0.4) is 0 Å². The Kier molecular flexibility index (Phi) is 2.80. The van der Waals surface area contributed by atoms with E-state index in [2.05, 4.69) is 9.97 Å². The summed E-state index contributed by atoms with van der Waals surface area (Å²) in [7, 11) is 0. The van der Waals surface area contributed by atoms with Crippen LogP contribution in [-0.2, 0) is 4.74 Å². The van der Waals surface area contributed by atoms with Crippen LogP contribution in [0.25, 0.3) is 0 Å².